The second kappa shape index (κ2) is 7.33. The molecule has 0 spiro atoms. The molecule has 0 aliphatic rings. The molecule has 0 radical (unpaired) electrons. The molecule has 0 aliphatic heterocycles. The lowest BCUT2D eigenvalue weighted by Gasteiger charge is -2.18. The molecule has 22 heavy (non-hydrogen) atoms. The maximum absolute atomic E-state index is 12.0. The van der Waals surface area contributed by atoms with E-state index in [1.165, 1.54) is 10.9 Å². The van der Waals surface area contributed by atoms with Gasteiger partial charge in [0.2, 0.25) is 0 Å². The van der Waals surface area contributed by atoms with E-state index in [-0.39, 0.29) is 18.3 Å². The van der Waals surface area contributed by atoms with Crippen LogP contribution >= 0.6 is 35.6 Å². The Labute approximate surface area is 145 Å². The first kappa shape index (κ1) is 18.8. The molecular formula is C14H17Cl3N4O. The molecule has 2 rings (SSSR count). The van der Waals surface area contributed by atoms with Gasteiger partial charge in [0.15, 0.2) is 0 Å². The smallest absolute Gasteiger partial charge is 0.254 e. The van der Waals surface area contributed by atoms with Crippen molar-refractivity contribution >= 4 is 41.5 Å². The summed E-state index contributed by atoms with van der Waals surface area (Å²) < 4.78 is 1.53. The molecule has 0 atom stereocenters. The van der Waals surface area contributed by atoms with Crippen LogP contribution < -0.4 is 11.1 Å². The van der Waals surface area contributed by atoms with Crippen molar-refractivity contribution in [2.75, 3.05) is 6.54 Å². The summed E-state index contributed by atoms with van der Waals surface area (Å²) in [7, 11) is 0. The van der Waals surface area contributed by atoms with Crippen molar-refractivity contribution in [3.8, 4) is 5.69 Å². The highest BCUT2D eigenvalue weighted by atomic mass is 35.5. The van der Waals surface area contributed by atoms with Crippen LogP contribution in [-0.2, 0) is 0 Å². The summed E-state index contributed by atoms with van der Waals surface area (Å²) in [4.78, 5) is 12.0. The number of rotatable bonds is 4. The Morgan fingerprint density at radius 3 is 2.68 bits per heavy atom. The molecule has 1 aromatic heterocycles. The lowest BCUT2D eigenvalue weighted by molar-refractivity contribution is 0.0946. The van der Waals surface area contributed by atoms with Gasteiger partial charge in [0.05, 0.1) is 22.5 Å². The molecule has 2 aromatic rings. The van der Waals surface area contributed by atoms with Crippen LogP contribution in [0.4, 0.5) is 0 Å². The van der Waals surface area contributed by atoms with Crippen LogP contribution in [0.25, 0.3) is 5.69 Å². The Morgan fingerprint density at radius 1 is 1.41 bits per heavy atom. The number of carbonyl (C=O) groups is 1. The summed E-state index contributed by atoms with van der Waals surface area (Å²) in [6, 6.07) is 5.07. The van der Waals surface area contributed by atoms with Crippen LogP contribution in [0.3, 0.4) is 0 Å². The number of nitrogens with two attached hydrogens (primary N) is 1. The van der Waals surface area contributed by atoms with E-state index in [9.17, 15) is 4.79 Å². The van der Waals surface area contributed by atoms with E-state index in [0.717, 1.165) is 0 Å². The molecule has 1 heterocycles. The van der Waals surface area contributed by atoms with Gasteiger partial charge < -0.3 is 11.1 Å². The zero-order valence-corrected chi connectivity index (χ0v) is 14.5. The number of benzene rings is 1. The lowest BCUT2D eigenvalue weighted by atomic mass is 10.1. The molecular weight excluding hydrogens is 347 g/mol. The Balaban J connectivity index is 0.00000242. The fourth-order valence-corrected chi connectivity index (χ4v) is 2.14. The highest BCUT2D eigenvalue weighted by Gasteiger charge is 2.15. The van der Waals surface area contributed by atoms with Crippen LogP contribution in [0, 0.1) is 0 Å². The predicted octanol–water partition coefficient (Wildman–Crippen LogP) is 3.07. The first-order valence-electron chi connectivity index (χ1n) is 6.33. The summed E-state index contributed by atoms with van der Waals surface area (Å²) in [6.45, 7) is 4.05. The number of amides is 1. The molecule has 0 bridgehead atoms. The number of nitrogens with one attached hydrogen (secondary N) is 1. The first-order chi connectivity index (χ1) is 9.76. The monoisotopic (exact) mass is 362 g/mol. The number of hydrogen-bond acceptors (Lipinski definition) is 3. The number of halogens is 3. The van der Waals surface area contributed by atoms with Crippen LogP contribution in [0.15, 0.2) is 30.6 Å². The quantitative estimate of drug-likeness (QED) is 0.877. The van der Waals surface area contributed by atoms with E-state index in [1.54, 1.807) is 24.4 Å². The highest BCUT2D eigenvalue weighted by Crippen LogP contribution is 2.24. The van der Waals surface area contributed by atoms with Gasteiger partial charge in [-0.2, -0.15) is 5.10 Å². The third-order valence-corrected chi connectivity index (χ3v) is 3.24. The largest absolute Gasteiger partial charge is 0.350 e. The molecule has 120 valence electrons. The maximum Gasteiger partial charge on any atom is 0.254 e. The summed E-state index contributed by atoms with van der Waals surface area (Å²) in [5.74, 6) is -0.232. The Bertz CT molecular complexity index is 664. The van der Waals surface area contributed by atoms with Gasteiger partial charge in [-0.05, 0) is 32.0 Å². The first-order valence-corrected chi connectivity index (χ1v) is 7.09. The van der Waals surface area contributed by atoms with Gasteiger partial charge in [-0.15, -0.1) is 12.4 Å². The van der Waals surface area contributed by atoms with Crippen molar-refractivity contribution in [2.24, 2.45) is 5.73 Å². The highest BCUT2D eigenvalue weighted by molar-refractivity contribution is 6.35. The van der Waals surface area contributed by atoms with E-state index in [0.29, 0.717) is 27.8 Å². The van der Waals surface area contributed by atoms with E-state index < -0.39 is 5.54 Å². The van der Waals surface area contributed by atoms with Crippen LogP contribution in [0.1, 0.15) is 24.2 Å². The molecule has 1 amide bonds. The predicted molar refractivity (Wildman–Crippen MR) is 91.4 cm³/mol. The molecule has 0 unspecified atom stereocenters. The van der Waals surface area contributed by atoms with Crippen molar-refractivity contribution in [3.63, 3.8) is 0 Å². The molecule has 3 N–H and O–H groups in total. The SMILES string of the molecule is CC(C)(N)CNC(=O)c1cnn(-c2ccc(Cl)cc2Cl)c1.Cl. The molecule has 0 saturated heterocycles. The van der Waals surface area contributed by atoms with Crippen molar-refractivity contribution in [1.82, 2.24) is 15.1 Å². The Kier molecular flexibility index (Phi) is 6.26. The minimum Gasteiger partial charge on any atom is -0.350 e. The Hall–Kier alpha value is -1.27. The van der Waals surface area contributed by atoms with Gasteiger partial charge in [-0.3, -0.25) is 4.79 Å². The van der Waals surface area contributed by atoms with Gasteiger partial charge in [0.1, 0.15) is 0 Å². The van der Waals surface area contributed by atoms with E-state index in [2.05, 4.69) is 10.4 Å². The van der Waals surface area contributed by atoms with Gasteiger partial charge in [0, 0.05) is 23.3 Å². The van der Waals surface area contributed by atoms with Crippen molar-refractivity contribution < 1.29 is 4.79 Å². The van der Waals surface area contributed by atoms with Crippen LogP contribution in [-0.4, -0.2) is 27.8 Å². The van der Waals surface area contributed by atoms with Crippen molar-refractivity contribution in [3.05, 3.63) is 46.2 Å². The average molecular weight is 364 g/mol. The van der Waals surface area contributed by atoms with Crippen molar-refractivity contribution in [1.29, 1.82) is 0 Å². The Morgan fingerprint density at radius 2 is 2.09 bits per heavy atom. The molecule has 0 aliphatic carbocycles. The fourth-order valence-electron chi connectivity index (χ4n) is 1.65. The minimum atomic E-state index is -0.467. The minimum absolute atomic E-state index is 0. The zero-order chi connectivity index (χ0) is 15.6. The molecule has 0 saturated carbocycles. The van der Waals surface area contributed by atoms with E-state index in [1.807, 2.05) is 13.8 Å². The third-order valence-electron chi connectivity index (χ3n) is 2.71. The second-order valence-corrected chi connectivity index (χ2v) is 6.28. The van der Waals surface area contributed by atoms with E-state index in [4.69, 9.17) is 28.9 Å². The number of aromatic nitrogens is 2. The third kappa shape index (κ3) is 4.88. The molecule has 1 aromatic carbocycles. The molecule has 5 nitrogen and oxygen atoms in total. The van der Waals surface area contributed by atoms with Gasteiger partial charge >= 0.3 is 0 Å². The second-order valence-electron chi connectivity index (χ2n) is 5.44. The number of hydrogen-bond donors (Lipinski definition) is 2. The molecule has 0 fully saturated rings. The summed E-state index contributed by atoms with van der Waals surface area (Å²) in [5.41, 5.74) is 6.45. The van der Waals surface area contributed by atoms with Crippen LogP contribution in [0.2, 0.25) is 10.0 Å². The normalized spacial score (nSPS) is 11.0. The molecule has 8 heteroatoms. The van der Waals surface area contributed by atoms with Gasteiger partial charge in [0.25, 0.3) is 5.91 Å². The number of carbonyl (C=O) groups excluding carboxylic acids is 1. The standard InChI is InChI=1S/C14H16Cl2N4O.ClH/c1-14(2,17)8-18-13(21)9-6-19-20(7-9)12-4-3-10(15)5-11(12)16;/h3-7H,8,17H2,1-2H3,(H,18,21);1H. The summed E-state index contributed by atoms with van der Waals surface area (Å²) >= 11 is 12.0. The zero-order valence-electron chi connectivity index (χ0n) is 12.1. The lowest BCUT2D eigenvalue weighted by Crippen LogP contribution is -2.45. The summed E-state index contributed by atoms with van der Waals surface area (Å²) in [5, 5.41) is 7.90. The van der Waals surface area contributed by atoms with Gasteiger partial charge in [-0.25, -0.2) is 4.68 Å². The maximum atomic E-state index is 12.0. The van der Waals surface area contributed by atoms with Crippen LogP contribution in [0.5, 0.6) is 0 Å². The summed E-state index contributed by atoms with van der Waals surface area (Å²) in [6.07, 6.45) is 3.08. The average Bonchev–Trinajstić information content (AvgIpc) is 2.84. The fraction of sp³-hybridized carbons (Fsp3) is 0.286. The van der Waals surface area contributed by atoms with Gasteiger partial charge in [-0.1, -0.05) is 23.2 Å². The van der Waals surface area contributed by atoms with E-state index >= 15 is 0 Å². The van der Waals surface area contributed by atoms with Crippen molar-refractivity contribution in [2.45, 2.75) is 19.4 Å². The number of nitrogens with zero attached hydrogens (tertiary/aromatic N) is 2. The topological polar surface area (TPSA) is 72.9 Å².